The number of Topliss-reactive ketones (excluding diaryl/α,β-unsaturated/α-hetero) is 1. The molecule has 1 aromatic carbocycles. The first-order valence-electron chi connectivity index (χ1n) is 18.1. The van der Waals surface area contributed by atoms with Gasteiger partial charge >= 0.3 is 0 Å². The molecule has 0 radical (unpaired) electrons. The molecule has 1 spiro atoms. The Kier molecular flexibility index (Phi) is 12.6. The highest BCUT2D eigenvalue weighted by Crippen LogP contribution is 2.42. The normalized spacial score (nSPS) is 22.5. The molecule has 14 nitrogen and oxygen atoms in total. The van der Waals surface area contributed by atoms with E-state index in [0.29, 0.717) is 41.0 Å². The lowest BCUT2D eigenvalue weighted by atomic mass is 9.85. The van der Waals surface area contributed by atoms with Crippen molar-refractivity contribution in [3.63, 3.8) is 0 Å². The van der Waals surface area contributed by atoms with E-state index in [-0.39, 0.29) is 56.5 Å². The average molecular weight is 756 g/mol. The predicted octanol–water partition coefficient (Wildman–Crippen LogP) is 2.91. The summed E-state index contributed by atoms with van der Waals surface area (Å²) in [4.78, 5) is 75.9. The highest BCUT2D eigenvalue weighted by molar-refractivity contribution is 6.38. The summed E-state index contributed by atoms with van der Waals surface area (Å²) in [6.45, 7) is 6.62. The summed E-state index contributed by atoms with van der Waals surface area (Å²) >= 11 is 6.47. The summed E-state index contributed by atoms with van der Waals surface area (Å²) < 4.78 is 16.4. The molecule has 3 aliphatic heterocycles. The standard InChI is InChI=1S/C38H50ClN5O9/c1-7-8-9-26(32(46)35(48)40-23-10-11-23)41-34(47)28-20-38(19-27(43-53-38)24-17-25(39)30(51-6)18-29(24)50-5)21-44(28)36(49)33(37(2,3)4)42-31(45)16-22-12-14-52-15-13-22/h1,17-18,22-23,26,28,33H,8-16,19-21H2,2-6H3,(H,40,48)(H,41,47)(H,42,45)/t26?,28-,33+,38+/m0/s1. The van der Waals surface area contributed by atoms with Gasteiger partial charge in [0.15, 0.2) is 5.60 Å². The van der Waals surface area contributed by atoms with Crippen LogP contribution in [-0.4, -0.2) is 104 Å². The number of halogens is 1. The number of hydrogen-bond acceptors (Lipinski definition) is 10. The average Bonchev–Trinajstić information content (AvgIpc) is 3.72. The predicted molar refractivity (Wildman–Crippen MR) is 195 cm³/mol. The van der Waals surface area contributed by atoms with Crippen molar-refractivity contribution < 1.29 is 43.0 Å². The maximum Gasteiger partial charge on any atom is 0.289 e. The zero-order chi connectivity index (χ0) is 38.5. The number of nitrogens with one attached hydrogen (secondary N) is 3. The molecule has 15 heteroatoms. The van der Waals surface area contributed by atoms with Gasteiger partial charge in [-0.2, -0.15) is 0 Å². The van der Waals surface area contributed by atoms with Crippen molar-refractivity contribution in [3.8, 4) is 23.8 Å². The molecule has 5 rings (SSSR count). The number of carbonyl (C=O) groups is 5. The number of nitrogens with zero attached hydrogens (tertiary/aromatic N) is 2. The summed E-state index contributed by atoms with van der Waals surface area (Å²) in [7, 11) is 2.99. The molecular weight excluding hydrogens is 706 g/mol. The third-order valence-corrected chi connectivity index (χ3v) is 10.5. The van der Waals surface area contributed by atoms with E-state index in [1.54, 1.807) is 12.1 Å². The van der Waals surface area contributed by atoms with Crippen LogP contribution in [-0.2, 0) is 33.5 Å². The molecule has 53 heavy (non-hydrogen) atoms. The maximum absolute atomic E-state index is 14.7. The number of likely N-dealkylation sites (tertiary alicyclic amines) is 1. The third-order valence-electron chi connectivity index (χ3n) is 10.2. The number of ether oxygens (including phenoxy) is 3. The monoisotopic (exact) mass is 755 g/mol. The van der Waals surface area contributed by atoms with E-state index in [1.165, 1.54) is 19.1 Å². The second-order valence-electron chi connectivity index (χ2n) is 15.4. The molecule has 1 unspecified atom stereocenters. The van der Waals surface area contributed by atoms with Crippen molar-refractivity contribution in [1.82, 2.24) is 20.9 Å². The Bertz CT molecular complexity index is 1660. The molecule has 1 saturated carbocycles. The molecule has 4 aliphatic rings. The van der Waals surface area contributed by atoms with Gasteiger partial charge in [-0.05, 0) is 49.5 Å². The Labute approximate surface area is 315 Å². The van der Waals surface area contributed by atoms with Crippen molar-refractivity contribution in [2.24, 2.45) is 16.5 Å². The summed E-state index contributed by atoms with van der Waals surface area (Å²) in [5, 5.41) is 13.1. The Morgan fingerprint density at radius 3 is 2.40 bits per heavy atom. The van der Waals surface area contributed by atoms with Crippen LogP contribution in [0, 0.1) is 23.7 Å². The van der Waals surface area contributed by atoms with Gasteiger partial charge in [-0.1, -0.05) is 37.5 Å². The van der Waals surface area contributed by atoms with Crippen LogP contribution < -0.4 is 25.4 Å². The van der Waals surface area contributed by atoms with Crippen molar-refractivity contribution >= 4 is 46.7 Å². The van der Waals surface area contributed by atoms with Crippen molar-refractivity contribution in [3.05, 3.63) is 22.7 Å². The van der Waals surface area contributed by atoms with E-state index < -0.39 is 52.6 Å². The van der Waals surface area contributed by atoms with Gasteiger partial charge < -0.3 is 39.9 Å². The molecular formula is C38H50ClN5O9. The van der Waals surface area contributed by atoms with Gasteiger partial charge in [0, 0.05) is 56.6 Å². The van der Waals surface area contributed by atoms with E-state index in [4.69, 9.17) is 37.1 Å². The van der Waals surface area contributed by atoms with Crippen LogP contribution in [0.15, 0.2) is 17.3 Å². The Hall–Kier alpha value is -4.35. The van der Waals surface area contributed by atoms with Crippen LogP contribution in [0.25, 0.3) is 0 Å². The fourth-order valence-corrected chi connectivity index (χ4v) is 7.25. The molecule has 0 aromatic heterocycles. The molecule has 4 atom stereocenters. The van der Waals surface area contributed by atoms with Crippen LogP contribution >= 0.6 is 11.6 Å². The molecule has 1 aliphatic carbocycles. The SMILES string of the molecule is C#CCCC(NC(=O)[C@@H]1C[C@]2(CC(c3cc(Cl)c(OC)cc3OC)=NO2)CN1C(=O)[C@@H](NC(=O)CC1CCOCC1)C(C)(C)C)C(=O)C(=O)NC1CC1. The number of benzene rings is 1. The van der Waals surface area contributed by atoms with Crippen molar-refractivity contribution in [2.45, 2.75) is 108 Å². The number of oxime groups is 1. The summed E-state index contributed by atoms with van der Waals surface area (Å²) in [5.74, 6) is 0.407. The van der Waals surface area contributed by atoms with Gasteiger partial charge in [-0.15, -0.1) is 12.3 Å². The summed E-state index contributed by atoms with van der Waals surface area (Å²) in [6, 6.07) is -0.155. The van der Waals surface area contributed by atoms with Crippen molar-refractivity contribution in [2.75, 3.05) is 34.0 Å². The van der Waals surface area contributed by atoms with Gasteiger partial charge in [0.25, 0.3) is 5.91 Å². The quantitative estimate of drug-likeness (QED) is 0.191. The smallest absolute Gasteiger partial charge is 0.289 e. The second-order valence-corrected chi connectivity index (χ2v) is 15.8. The Morgan fingerprint density at radius 1 is 1.08 bits per heavy atom. The molecule has 1 aromatic rings. The number of rotatable bonds is 14. The van der Waals surface area contributed by atoms with E-state index in [1.807, 2.05) is 20.8 Å². The lowest BCUT2D eigenvalue weighted by Gasteiger charge is -2.36. The molecule has 4 amide bonds. The number of ketones is 1. The zero-order valence-corrected chi connectivity index (χ0v) is 31.8. The fourth-order valence-electron chi connectivity index (χ4n) is 7.01. The van der Waals surface area contributed by atoms with Gasteiger partial charge in [-0.3, -0.25) is 24.0 Å². The zero-order valence-electron chi connectivity index (χ0n) is 31.1. The minimum absolute atomic E-state index is 0.000971. The van der Waals surface area contributed by atoms with Crippen LogP contribution in [0.1, 0.15) is 84.1 Å². The fraction of sp³-hybridized carbons (Fsp3) is 0.632. The lowest BCUT2D eigenvalue weighted by molar-refractivity contribution is -0.145. The number of terminal acetylenes is 1. The first-order chi connectivity index (χ1) is 25.2. The number of amides is 4. The highest BCUT2D eigenvalue weighted by atomic mass is 35.5. The molecule has 3 heterocycles. The summed E-state index contributed by atoms with van der Waals surface area (Å²) in [5.41, 5.74) is -0.872. The molecule has 288 valence electrons. The molecule has 3 fully saturated rings. The summed E-state index contributed by atoms with van der Waals surface area (Å²) in [6.07, 6.45) is 9.13. The number of methoxy groups -OCH3 is 2. The van der Waals surface area contributed by atoms with Gasteiger partial charge in [0.2, 0.25) is 23.5 Å². The Morgan fingerprint density at radius 2 is 1.77 bits per heavy atom. The first-order valence-corrected chi connectivity index (χ1v) is 18.5. The lowest BCUT2D eigenvalue weighted by Crippen LogP contribution is -2.59. The molecule has 2 saturated heterocycles. The minimum atomic E-state index is -1.22. The van der Waals surface area contributed by atoms with Gasteiger partial charge in [0.1, 0.15) is 23.6 Å². The highest BCUT2D eigenvalue weighted by Gasteiger charge is 2.56. The first kappa shape index (κ1) is 39.8. The van der Waals surface area contributed by atoms with E-state index >= 15 is 0 Å². The van der Waals surface area contributed by atoms with E-state index in [2.05, 4.69) is 27.0 Å². The molecule has 0 bridgehead atoms. The topological polar surface area (TPSA) is 174 Å². The van der Waals surface area contributed by atoms with Crippen LogP contribution in [0.4, 0.5) is 0 Å². The van der Waals surface area contributed by atoms with Gasteiger partial charge in [0.05, 0.1) is 37.5 Å². The van der Waals surface area contributed by atoms with Gasteiger partial charge in [-0.25, -0.2) is 0 Å². The van der Waals surface area contributed by atoms with Crippen LogP contribution in [0.5, 0.6) is 11.5 Å². The number of hydrogen-bond donors (Lipinski definition) is 3. The third kappa shape index (κ3) is 9.61. The van der Waals surface area contributed by atoms with E-state index in [9.17, 15) is 24.0 Å². The van der Waals surface area contributed by atoms with Crippen molar-refractivity contribution in [1.29, 1.82) is 0 Å². The van der Waals surface area contributed by atoms with Crippen LogP contribution in [0.2, 0.25) is 5.02 Å². The maximum atomic E-state index is 14.7. The molecule has 3 N–H and O–H groups in total. The minimum Gasteiger partial charge on any atom is -0.496 e. The number of carbonyl (C=O) groups excluding carboxylic acids is 5. The van der Waals surface area contributed by atoms with Crippen LogP contribution in [0.3, 0.4) is 0 Å². The second kappa shape index (κ2) is 16.8. The van der Waals surface area contributed by atoms with E-state index in [0.717, 1.165) is 25.7 Å². The largest absolute Gasteiger partial charge is 0.496 e. The Balaban J connectivity index is 1.43.